The van der Waals surface area contributed by atoms with Crippen molar-refractivity contribution in [1.82, 2.24) is 5.32 Å². The van der Waals surface area contributed by atoms with Gasteiger partial charge in [-0.2, -0.15) is 0 Å². The van der Waals surface area contributed by atoms with Crippen molar-refractivity contribution in [3.8, 4) is 0 Å². The zero-order valence-corrected chi connectivity index (χ0v) is 10.4. The van der Waals surface area contributed by atoms with Gasteiger partial charge >= 0.3 is 6.09 Å². The predicted octanol–water partition coefficient (Wildman–Crippen LogP) is 1.99. The first-order chi connectivity index (χ1) is 8.11. The number of aliphatic hydroxyl groups excluding tert-OH is 1. The first-order valence-corrected chi connectivity index (χ1v) is 5.78. The maximum absolute atomic E-state index is 11.2. The monoisotopic (exact) mass is 257 g/mol. The fraction of sp³-hybridized carbons (Fsp3) is 0.417. The summed E-state index contributed by atoms with van der Waals surface area (Å²) in [4.78, 5) is 11.2. The van der Waals surface area contributed by atoms with E-state index in [0.717, 1.165) is 5.56 Å². The lowest BCUT2D eigenvalue weighted by Crippen LogP contribution is -2.35. The molecule has 1 aromatic rings. The van der Waals surface area contributed by atoms with Crippen molar-refractivity contribution in [3.05, 3.63) is 34.9 Å². The summed E-state index contributed by atoms with van der Waals surface area (Å²) in [5, 5.41) is 11.8. The Balaban J connectivity index is 2.39. The summed E-state index contributed by atoms with van der Waals surface area (Å²) < 4.78 is 4.70. The number of rotatable bonds is 5. The summed E-state index contributed by atoms with van der Waals surface area (Å²) in [6, 6.07) is 7.43. The normalized spacial score (nSPS) is 11.9. The van der Waals surface area contributed by atoms with Crippen LogP contribution in [0.1, 0.15) is 12.5 Å². The first kappa shape index (κ1) is 13.8. The highest BCUT2D eigenvalue weighted by molar-refractivity contribution is 6.30. The van der Waals surface area contributed by atoms with Crippen molar-refractivity contribution in [1.29, 1.82) is 0 Å². The van der Waals surface area contributed by atoms with Crippen LogP contribution in [0.25, 0.3) is 0 Å². The van der Waals surface area contributed by atoms with Gasteiger partial charge < -0.3 is 15.2 Å². The van der Waals surface area contributed by atoms with Crippen LogP contribution in [-0.2, 0) is 11.2 Å². The highest BCUT2D eigenvalue weighted by Gasteiger charge is 2.08. The molecule has 0 radical (unpaired) electrons. The molecule has 1 unspecified atom stereocenters. The van der Waals surface area contributed by atoms with E-state index in [0.29, 0.717) is 11.4 Å². The van der Waals surface area contributed by atoms with Crippen LogP contribution in [0, 0.1) is 0 Å². The number of carbonyl (C=O) groups excluding carboxylic acids is 1. The molecule has 2 N–H and O–H groups in total. The summed E-state index contributed by atoms with van der Waals surface area (Å²) in [7, 11) is 0. The van der Waals surface area contributed by atoms with Crippen LogP contribution in [0.2, 0.25) is 5.02 Å². The van der Waals surface area contributed by atoms with E-state index in [1.54, 1.807) is 6.07 Å². The number of amides is 1. The van der Waals surface area contributed by atoms with Gasteiger partial charge in [0.2, 0.25) is 0 Å². The Kier molecular flexibility index (Phi) is 5.80. The Morgan fingerprint density at radius 2 is 2.35 bits per heavy atom. The Hall–Kier alpha value is -1.26. The quantitative estimate of drug-likeness (QED) is 0.848. The van der Waals surface area contributed by atoms with Crippen molar-refractivity contribution in [2.75, 3.05) is 13.2 Å². The molecule has 0 spiro atoms. The van der Waals surface area contributed by atoms with Crippen molar-refractivity contribution in [3.63, 3.8) is 0 Å². The zero-order valence-electron chi connectivity index (χ0n) is 9.65. The molecule has 5 heteroatoms. The van der Waals surface area contributed by atoms with Gasteiger partial charge in [0, 0.05) is 11.1 Å². The van der Waals surface area contributed by atoms with Crippen LogP contribution in [-0.4, -0.2) is 30.5 Å². The number of hydrogen-bond donors (Lipinski definition) is 2. The summed E-state index contributed by atoms with van der Waals surface area (Å²) in [5.41, 5.74) is 1.05. The zero-order chi connectivity index (χ0) is 12.7. The number of hydrogen-bond acceptors (Lipinski definition) is 3. The van der Waals surface area contributed by atoms with Gasteiger partial charge in [-0.15, -0.1) is 0 Å². The van der Waals surface area contributed by atoms with Crippen molar-refractivity contribution >= 4 is 17.7 Å². The second kappa shape index (κ2) is 7.14. The molecule has 1 amide bonds. The van der Waals surface area contributed by atoms with Crippen LogP contribution >= 0.6 is 11.6 Å². The maximum Gasteiger partial charge on any atom is 0.407 e. The largest absolute Gasteiger partial charge is 0.447 e. The molecule has 0 aromatic heterocycles. The Morgan fingerprint density at radius 1 is 1.59 bits per heavy atom. The molecule has 0 fully saturated rings. The average molecular weight is 258 g/mol. The van der Waals surface area contributed by atoms with Gasteiger partial charge in [-0.25, -0.2) is 4.79 Å². The molecule has 0 bridgehead atoms. The lowest BCUT2D eigenvalue weighted by Gasteiger charge is -2.13. The molecule has 4 nitrogen and oxygen atoms in total. The molecule has 1 aromatic carbocycles. The van der Waals surface area contributed by atoms with Crippen LogP contribution in [0.15, 0.2) is 24.3 Å². The minimum Gasteiger partial charge on any atom is -0.447 e. The first-order valence-electron chi connectivity index (χ1n) is 5.40. The fourth-order valence-corrected chi connectivity index (χ4v) is 1.66. The standard InChI is InChI=1S/C12H16ClNO3/c1-9(14-12(16)17-6-5-15)7-10-3-2-4-11(13)8-10/h2-4,8-9,15H,5-7H2,1H3,(H,14,16). The molecule has 1 atom stereocenters. The lowest BCUT2D eigenvalue weighted by molar-refractivity contribution is 0.116. The maximum atomic E-state index is 11.2. The van der Waals surface area contributed by atoms with Gasteiger partial charge in [0.15, 0.2) is 0 Å². The molecule has 0 saturated carbocycles. The summed E-state index contributed by atoms with van der Waals surface area (Å²) in [6.45, 7) is 1.72. The van der Waals surface area contributed by atoms with E-state index in [-0.39, 0.29) is 19.3 Å². The third-order valence-electron chi connectivity index (χ3n) is 2.12. The highest BCUT2D eigenvalue weighted by Crippen LogP contribution is 2.12. The second-order valence-electron chi connectivity index (χ2n) is 3.74. The second-order valence-corrected chi connectivity index (χ2v) is 4.18. The number of nitrogens with one attached hydrogen (secondary N) is 1. The van der Waals surface area contributed by atoms with Gasteiger partial charge in [0.25, 0.3) is 0 Å². The topological polar surface area (TPSA) is 58.6 Å². The van der Waals surface area contributed by atoms with E-state index >= 15 is 0 Å². The molecule has 0 heterocycles. The van der Waals surface area contributed by atoms with E-state index in [1.807, 2.05) is 25.1 Å². The minimum atomic E-state index is -0.520. The van der Waals surface area contributed by atoms with E-state index in [2.05, 4.69) is 5.32 Å². The Morgan fingerprint density at radius 3 is 3.00 bits per heavy atom. The minimum absolute atomic E-state index is 0.00964. The van der Waals surface area contributed by atoms with Gasteiger partial charge in [0.1, 0.15) is 6.61 Å². The van der Waals surface area contributed by atoms with Crippen molar-refractivity contribution in [2.24, 2.45) is 0 Å². The SMILES string of the molecule is CC(Cc1cccc(Cl)c1)NC(=O)OCCO. The van der Waals surface area contributed by atoms with E-state index in [4.69, 9.17) is 21.4 Å². The Bertz CT molecular complexity index is 371. The van der Waals surface area contributed by atoms with Crippen LogP contribution in [0.4, 0.5) is 4.79 Å². The average Bonchev–Trinajstić information content (AvgIpc) is 2.26. The third kappa shape index (κ3) is 5.56. The number of benzene rings is 1. The summed E-state index contributed by atoms with van der Waals surface area (Å²) >= 11 is 5.86. The lowest BCUT2D eigenvalue weighted by atomic mass is 10.1. The smallest absolute Gasteiger partial charge is 0.407 e. The molecular formula is C12H16ClNO3. The number of ether oxygens (including phenoxy) is 1. The summed E-state index contributed by atoms with van der Waals surface area (Å²) in [6.07, 6.45) is 0.156. The van der Waals surface area contributed by atoms with Gasteiger partial charge in [-0.1, -0.05) is 23.7 Å². The van der Waals surface area contributed by atoms with Crippen molar-refractivity contribution < 1.29 is 14.6 Å². The molecule has 0 aliphatic carbocycles. The van der Waals surface area contributed by atoms with Crippen LogP contribution < -0.4 is 5.32 Å². The predicted molar refractivity (Wildman–Crippen MR) is 66.2 cm³/mol. The molecular weight excluding hydrogens is 242 g/mol. The third-order valence-corrected chi connectivity index (χ3v) is 2.35. The molecule has 94 valence electrons. The number of aliphatic hydroxyl groups is 1. The summed E-state index contributed by atoms with van der Waals surface area (Å²) in [5.74, 6) is 0. The van der Waals surface area contributed by atoms with Gasteiger partial charge in [-0.05, 0) is 31.0 Å². The molecule has 1 rings (SSSR count). The molecule has 0 aliphatic rings. The van der Waals surface area contributed by atoms with Crippen LogP contribution in [0.5, 0.6) is 0 Å². The van der Waals surface area contributed by atoms with Gasteiger partial charge in [0.05, 0.1) is 6.61 Å². The van der Waals surface area contributed by atoms with Crippen molar-refractivity contribution in [2.45, 2.75) is 19.4 Å². The number of carbonyl (C=O) groups is 1. The van der Waals surface area contributed by atoms with E-state index in [9.17, 15) is 4.79 Å². The highest BCUT2D eigenvalue weighted by atomic mass is 35.5. The number of halogens is 1. The number of alkyl carbamates (subject to hydrolysis) is 1. The van der Waals surface area contributed by atoms with E-state index in [1.165, 1.54) is 0 Å². The van der Waals surface area contributed by atoms with Crippen LogP contribution in [0.3, 0.4) is 0 Å². The molecule has 17 heavy (non-hydrogen) atoms. The van der Waals surface area contributed by atoms with E-state index < -0.39 is 6.09 Å². The molecule has 0 saturated heterocycles. The Labute approximate surface area is 106 Å². The fourth-order valence-electron chi connectivity index (χ4n) is 1.45. The van der Waals surface area contributed by atoms with Gasteiger partial charge in [-0.3, -0.25) is 0 Å². The molecule has 0 aliphatic heterocycles.